The number of fused-ring (bicyclic) bond motifs is 1. The summed E-state index contributed by atoms with van der Waals surface area (Å²) in [4.78, 5) is 13.9. The van der Waals surface area contributed by atoms with Gasteiger partial charge in [-0.1, -0.05) is 11.6 Å². The Hall–Kier alpha value is -3.34. The van der Waals surface area contributed by atoms with Crippen LogP contribution in [-0.4, -0.2) is 65.8 Å². The number of nitrogens with one attached hydrogen (secondary N) is 2. The first-order valence-electron chi connectivity index (χ1n) is 12.5. The van der Waals surface area contributed by atoms with E-state index in [9.17, 15) is 8.42 Å². The Kier molecular flexibility index (Phi) is 6.97. The molecule has 4 aromatic rings. The zero-order valence-corrected chi connectivity index (χ0v) is 23.5. The van der Waals surface area contributed by atoms with Crippen LogP contribution in [0.3, 0.4) is 0 Å². The second-order valence-electron chi connectivity index (χ2n) is 10.5. The summed E-state index contributed by atoms with van der Waals surface area (Å²) in [6.07, 6.45) is 3.64. The van der Waals surface area contributed by atoms with Crippen LogP contribution in [0, 0.1) is 0 Å². The Labute approximate surface area is 228 Å². The van der Waals surface area contributed by atoms with Crippen molar-refractivity contribution in [2.75, 3.05) is 48.2 Å². The lowest BCUT2D eigenvalue weighted by molar-refractivity contribution is 0.313. The second kappa shape index (κ2) is 10.1. The van der Waals surface area contributed by atoms with Crippen LogP contribution in [-0.2, 0) is 10.0 Å². The molecule has 0 spiro atoms. The Morgan fingerprint density at radius 1 is 0.947 bits per heavy atom. The maximum absolute atomic E-state index is 12.7. The third-order valence-corrected chi connectivity index (χ3v) is 9.13. The van der Waals surface area contributed by atoms with Crippen molar-refractivity contribution in [2.45, 2.75) is 25.5 Å². The minimum absolute atomic E-state index is 0.314. The van der Waals surface area contributed by atoms with Gasteiger partial charge in [0.2, 0.25) is 16.0 Å². The molecule has 0 bridgehead atoms. The summed E-state index contributed by atoms with van der Waals surface area (Å²) in [6, 6.07) is 15.4. The van der Waals surface area contributed by atoms with Gasteiger partial charge >= 0.3 is 0 Å². The fraction of sp³-hybridized carbons (Fsp3) is 0.333. The number of hydrogen-bond acceptors (Lipinski definition) is 7. The van der Waals surface area contributed by atoms with E-state index in [-0.39, 0.29) is 0 Å². The second-order valence-corrected chi connectivity index (χ2v) is 13.3. The van der Waals surface area contributed by atoms with Crippen LogP contribution in [0.15, 0.2) is 60.9 Å². The smallest absolute Gasteiger partial charge is 0.237 e. The van der Waals surface area contributed by atoms with E-state index in [1.165, 1.54) is 5.69 Å². The zero-order chi connectivity index (χ0) is 27.1. The summed E-state index contributed by atoms with van der Waals surface area (Å²) >= 11 is 6.34. The van der Waals surface area contributed by atoms with Crippen molar-refractivity contribution in [3.63, 3.8) is 0 Å². The molecule has 1 saturated heterocycles. The van der Waals surface area contributed by atoms with Crippen LogP contribution in [0.5, 0.6) is 0 Å². The molecule has 0 amide bonds. The first kappa shape index (κ1) is 26.3. The third kappa shape index (κ3) is 5.43. The molecule has 2 N–H and O–H groups in total. The van der Waals surface area contributed by atoms with E-state index in [0.717, 1.165) is 42.9 Å². The van der Waals surface area contributed by atoms with Gasteiger partial charge in [-0.05, 0) is 76.3 Å². The number of likely N-dealkylation sites (N-methyl/N-ethyl adjacent to an activating group) is 1. The number of halogens is 1. The molecule has 1 aliphatic rings. The number of nitrogens with zero attached hydrogens (tertiary/aromatic N) is 5. The summed E-state index contributed by atoms with van der Waals surface area (Å²) < 4.78 is 29.0. The topological polar surface area (TPSA) is 95.4 Å². The van der Waals surface area contributed by atoms with E-state index in [1.807, 2.05) is 35.0 Å². The molecule has 9 nitrogen and oxygen atoms in total. The molecule has 2 aromatic heterocycles. The van der Waals surface area contributed by atoms with Crippen molar-refractivity contribution in [1.29, 1.82) is 0 Å². The normalized spacial score (nSPS) is 15.1. The van der Waals surface area contributed by atoms with Crippen LogP contribution in [0.1, 0.15) is 20.8 Å². The molecular weight excluding hydrogens is 522 g/mol. The Bertz CT molecular complexity index is 1550. The van der Waals surface area contributed by atoms with Crippen molar-refractivity contribution in [3.05, 3.63) is 65.9 Å². The van der Waals surface area contributed by atoms with Crippen molar-refractivity contribution in [3.8, 4) is 5.69 Å². The van der Waals surface area contributed by atoms with Gasteiger partial charge in [0.15, 0.2) is 0 Å². The number of piperazine rings is 1. The van der Waals surface area contributed by atoms with Crippen LogP contribution < -0.4 is 14.9 Å². The van der Waals surface area contributed by atoms with Crippen molar-refractivity contribution in [1.82, 2.24) is 19.4 Å². The molecule has 3 heterocycles. The molecule has 38 heavy (non-hydrogen) atoms. The summed E-state index contributed by atoms with van der Waals surface area (Å²) in [6.45, 7) is 9.07. The lowest BCUT2D eigenvalue weighted by atomic mass is 10.2. The number of sulfonamides is 1. The monoisotopic (exact) mass is 553 g/mol. The number of benzene rings is 2. The lowest BCUT2D eigenvalue weighted by Gasteiger charge is -2.34. The van der Waals surface area contributed by atoms with E-state index in [2.05, 4.69) is 44.0 Å². The van der Waals surface area contributed by atoms with Gasteiger partial charge in [0.05, 0.1) is 15.5 Å². The van der Waals surface area contributed by atoms with Crippen molar-refractivity contribution in [2.24, 2.45) is 0 Å². The Morgan fingerprint density at radius 3 is 2.32 bits per heavy atom. The van der Waals surface area contributed by atoms with Crippen LogP contribution in [0.25, 0.3) is 16.7 Å². The van der Waals surface area contributed by atoms with Crippen molar-refractivity contribution < 1.29 is 8.42 Å². The maximum atomic E-state index is 12.7. The average molecular weight is 554 g/mol. The molecule has 0 radical (unpaired) electrons. The van der Waals surface area contributed by atoms with E-state index in [1.54, 1.807) is 39.1 Å². The van der Waals surface area contributed by atoms with Gasteiger partial charge in [0.25, 0.3) is 0 Å². The maximum Gasteiger partial charge on any atom is 0.237 e. The largest absolute Gasteiger partial charge is 0.369 e. The number of anilines is 4. The van der Waals surface area contributed by atoms with Gasteiger partial charge < -0.3 is 19.7 Å². The minimum Gasteiger partial charge on any atom is -0.369 e. The highest BCUT2D eigenvalue weighted by Crippen LogP contribution is 2.30. The predicted octanol–water partition coefficient (Wildman–Crippen LogP) is 5.11. The number of hydrogen-bond donors (Lipinski definition) is 2. The van der Waals surface area contributed by atoms with Gasteiger partial charge in [0, 0.05) is 61.0 Å². The molecule has 0 atom stereocenters. The fourth-order valence-corrected chi connectivity index (χ4v) is 5.16. The predicted molar refractivity (Wildman–Crippen MR) is 156 cm³/mol. The third-order valence-electron chi connectivity index (χ3n) is 6.70. The van der Waals surface area contributed by atoms with Gasteiger partial charge in [-0.15, -0.1) is 0 Å². The number of rotatable bonds is 6. The van der Waals surface area contributed by atoms with Gasteiger partial charge in [-0.3, -0.25) is 4.72 Å². The van der Waals surface area contributed by atoms with Crippen LogP contribution in [0.2, 0.25) is 5.02 Å². The molecule has 5 rings (SSSR count). The highest BCUT2D eigenvalue weighted by molar-refractivity contribution is 7.94. The molecule has 0 saturated carbocycles. The molecule has 1 fully saturated rings. The molecule has 11 heteroatoms. The van der Waals surface area contributed by atoms with Crippen LogP contribution >= 0.6 is 11.6 Å². The minimum atomic E-state index is -3.64. The summed E-state index contributed by atoms with van der Waals surface area (Å²) in [7, 11) is -1.49. The standard InChI is InChI=1S/C27H32ClN7O2S/c1-27(2,3)38(36,37)32-24-17-22(9-10-23(24)28)35-12-11-19-18-29-26(31-25(19)35)30-20-5-7-21(8-6-20)34-15-13-33(4)14-16-34/h5-12,17-18,32H,13-16H2,1-4H3,(H,29,30,31). The quantitative estimate of drug-likeness (QED) is 0.342. The molecule has 2 aromatic carbocycles. The van der Waals surface area contributed by atoms with Gasteiger partial charge in [0.1, 0.15) is 5.65 Å². The van der Waals surface area contributed by atoms with E-state index in [0.29, 0.717) is 22.3 Å². The molecule has 0 unspecified atom stereocenters. The lowest BCUT2D eigenvalue weighted by Crippen LogP contribution is -2.44. The van der Waals surface area contributed by atoms with Crippen molar-refractivity contribution >= 4 is 55.7 Å². The molecule has 0 aliphatic carbocycles. The zero-order valence-electron chi connectivity index (χ0n) is 21.9. The fourth-order valence-electron chi connectivity index (χ4n) is 4.18. The SMILES string of the molecule is CN1CCN(c2ccc(Nc3ncc4ccn(-c5ccc(Cl)c(NS(=O)(=O)C(C)(C)C)c5)c4n3)cc2)CC1. The first-order chi connectivity index (χ1) is 18.0. The van der Waals surface area contributed by atoms with Gasteiger partial charge in [-0.25, -0.2) is 13.4 Å². The Morgan fingerprint density at radius 2 is 1.63 bits per heavy atom. The highest BCUT2D eigenvalue weighted by Gasteiger charge is 2.29. The average Bonchev–Trinajstić information content (AvgIpc) is 3.29. The molecular formula is C27H32ClN7O2S. The van der Waals surface area contributed by atoms with E-state index in [4.69, 9.17) is 16.6 Å². The number of aromatic nitrogens is 3. The van der Waals surface area contributed by atoms with E-state index < -0.39 is 14.8 Å². The molecule has 1 aliphatic heterocycles. The summed E-state index contributed by atoms with van der Waals surface area (Å²) in [5.74, 6) is 0.465. The summed E-state index contributed by atoms with van der Waals surface area (Å²) in [5, 5.41) is 4.46. The highest BCUT2D eigenvalue weighted by atomic mass is 35.5. The summed E-state index contributed by atoms with van der Waals surface area (Å²) in [5.41, 5.74) is 3.81. The Balaban J connectivity index is 1.39. The molecule has 200 valence electrons. The van der Waals surface area contributed by atoms with Crippen LogP contribution in [0.4, 0.5) is 23.0 Å². The first-order valence-corrected chi connectivity index (χ1v) is 14.3. The van der Waals surface area contributed by atoms with Gasteiger partial charge in [-0.2, -0.15) is 4.98 Å². The van der Waals surface area contributed by atoms with E-state index >= 15 is 0 Å².